The molecule has 2 bridgehead atoms. The largest absolute Gasteiger partial charge is 0.348 e. The van der Waals surface area contributed by atoms with Gasteiger partial charge in [0.25, 0.3) is 5.91 Å². The molecule has 3 aliphatic heterocycles. The maximum Gasteiger partial charge on any atom is 0.255 e. The minimum atomic E-state index is -0.0974. The van der Waals surface area contributed by atoms with Crippen LogP contribution in [-0.4, -0.2) is 41.5 Å². The number of nitrogen functional groups attached to an aromatic ring is 1. The molecular weight excluding hydrogens is 242 g/mol. The summed E-state index contributed by atoms with van der Waals surface area (Å²) in [5.41, 5.74) is 2.97. The summed E-state index contributed by atoms with van der Waals surface area (Å²) in [6, 6.07) is 3.73. The number of nitrogens with two attached hydrogens (primary N) is 1. The van der Waals surface area contributed by atoms with Gasteiger partial charge in [-0.1, -0.05) is 0 Å². The highest BCUT2D eigenvalue weighted by atomic mass is 16.1. The van der Waals surface area contributed by atoms with Crippen LogP contribution in [-0.2, 0) is 0 Å². The van der Waals surface area contributed by atoms with E-state index in [0.717, 1.165) is 6.54 Å². The van der Waals surface area contributed by atoms with Gasteiger partial charge in [0.15, 0.2) is 5.82 Å². The van der Waals surface area contributed by atoms with E-state index in [-0.39, 0.29) is 11.9 Å². The second kappa shape index (κ2) is 5.14. The maximum atomic E-state index is 12.3. The fourth-order valence-corrected chi connectivity index (χ4v) is 3.08. The van der Waals surface area contributed by atoms with Gasteiger partial charge in [-0.2, -0.15) is 0 Å². The number of carbonyl (C=O) groups is 1. The van der Waals surface area contributed by atoms with Crippen molar-refractivity contribution in [2.45, 2.75) is 18.9 Å². The van der Waals surface area contributed by atoms with Crippen molar-refractivity contribution in [3.05, 3.63) is 23.9 Å². The van der Waals surface area contributed by atoms with Gasteiger partial charge in [-0.3, -0.25) is 4.79 Å². The lowest BCUT2D eigenvalue weighted by Gasteiger charge is -2.44. The quantitative estimate of drug-likeness (QED) is 0.534. The molecule has 1 unspecified atom stereocenters. The Balaban J connectivity index is 1.71. The molecule has 1 atom stereocenters. The van der Waals surface area contributed by atoms with Crippen LogP contribution in [0.3, 0.4) is 0 Å². The van der Waals surface area contributed by atoms with Gasteiger partial charge in [0.1, 0.15) is 0 Å². The molecule has 4 rings (SSSR count). The lowest BCUT2D eigenvalue weighted by atomic mass is 9.84. The summed E-state index contributed by atoms with van der Waals surface area (Å²) in [4.78, 5) is 18.8. The third-order valence-corrected chi connectivity index (χ3v) is 4.16. The number of nitrogens with zero attached hydrogens (tertiary/aromatic N) is 2. The minimum absolute atomic E-state index is 0.0974. The first-order valence-corrected chi connectivity index (χ1v) is 6.73. The molecule has 1 aromatic heterocycles. The number of hydrazine groups is 1. The lowest BCUT2D eigenvalue weighted by molar-refractivity contribution is 0.0620. The van der Waals surface area contributed by atoms with Gasteiger partial charge in [0, 0.05) is 18.8 Å². The number of aromatic nitrogens is 1. The number of fused-ring (bicyclic) bond motifs is 3. The van der Waals surface area contributed by atoms with Crippen molar-refractivity contribution in [3.63, 3.8) is 0 Å². The van der Waals surface area contributed by atoms with Crippen molar-refractivity contribution in [3.8, 4) is 0 Å². The Morgan fingerprint density at radius 3 is 2.84 bits per heavy atom. The molecule has 6 nitrogen and oxygen atoms in total. The molecule has 102 valence electrons. The molecule has 6 heteroatoms. The molecule has 4 N–H and O–H groups in total. The highest BCUT2D eigenvalue weighted by molar-refractivity contribution is 5.98. The SMILES string of the molecule is NNc1ncccc1C(=O)NC1CN2CCC1CC2. The zero-order chi connectivity index (χ0) is 13.2. The van der Waals surface area contributed by atoms with E-state index in [9.17, 15) is 4.79 Å². The molecule has 0 aromatic carbocycles. The predicted molar refractivity (Wildman–Crippen MR) is 72.5 cm³/mol. The van der Waals surface area contributed by atoms with Gasteiger partial charge in [-0.05, 0) is 44.0 Å². The van der Waals surface area contributed by atoms with Crippen molar-refractivity contribution < 1.29 is 4.79 Å². The third-order valence-electron chi connectivity index (χ3n) is 4.16. The van der Waals surface area contributed by atoms with E-state index in [0.29, 0.717) is 17.3 Å². The summed E-state index contributed by atoms with van der Waals surface area (Å²) in [7, 11) is 0. The lowest BCUT2D eigenvalue weighted by Crippen LogP contribution is -2.57. The molecule has 3 fully saturated rings. The highest BCUT2D eigenvalue weighted by Gasteiger charge is 2.35. The average molecular weight is 261 g/mol. The van der Waals surface area contributed by atoms with Crippen molar-refractivity contribution in [1.82, 2.24) is 15.2 Å². The molecular formula is C13H19N5O. The summed E-state index contributed by atoms with van der Waals surface area (Å²) < 4.78 is 0. The number of carbonyl (C=O) groups excluding carboxylic acids is 1. The normalized spacial score (nSPS) is 29.0. The van der Waals surface area contributed by atoms with Gasteiger partial charge in [-0.15, -0.1) is 0 Å². The van der Waals surface area contributed by atoms with Gasteiger partial charge < -0.3 is 15.6 Å². The van der Waals surface area contributed by atoms with Gasteiger partial charge in [-0.25, -0.2) is 10.8 Å². The topological polar surface area (TPSA) is 83.3 Å². The molecule has 3 aliphatic rings. The number of rotatable bonds is 3. The number of nitrogens with one attached hydrogen (secondary N) is 2. The summed E-state index contributed by atoms with van der Waals surface area (Å²) in [5, 5.41) is 3.13. The first-order chi connectivity index (χ1) is 9.28. The summed E-state index contributed by atoms with van der Waals surface area (Å²) in [6.07, 6.45) is 3.97. The standard InChI is InChI=1S/C13H19N5O/c14-17-12-10(2-1-5-15-12)13(19)16-11-8-18-6-3-9(11)4-7-18/h1-2,5,9,11H,3-4,6-8,14H2,(H,15,17)(H,16,19). The van der Waals surface area contributed by atoms with E-state index >= 15 is 0 Å². The van der Waals surface area contributed by atoms with Gasteiger partial charge >= 0.3 is 0 Å². The summed E-state index contributed by atoms with van der Waals surface area (Å²) in [5.74, 6) is 6.31. The molecule has 4 heterocycles. The molecule has 3 saturated heterocycles. The van der Waals surface area contributed by atoms with Crippen LogP contribution < -0.4 is 16.6 Å². The number of pyridine rings is 1. The van der Waals surface area contributed by atoms with E-state index in [2.05, 4.69) is 20.6 Å². The van der Waals surface area contributed by atoms with Gasteiger partial charge in [0.2, 0.25) is 0 Å². The Morgan fingerprint density at radius 1 is 1.42 bits per heavy atom. The van der Waals surface area contributed by atoms with Crippen LogP contribution >= 0.6 is 0 Å². The van der Waals surface area contributed by atoms with E-state index in [1.165, 1.54) is 25.9 Å². The van der Waals surface area contributed by atoms with Crippen LogP contribution in [0.2, 0.25) is 0 Å². The Labute approximate surface area is 112 Å². The highest BCUT2D eigenvalue weighted by Crippen LogP contribution is 2.27. The Hall–Kier alpha value is -1.66. The predicted octanol–water partition coefficient (Wildman–Crippen LogP) is 0.191. The fraction of sp³-hybridized carbons (Fsp3) is 0.538. The zero-order valence-electron chi connectivity index (χ0n) is 10.8. The summed E-state index contributed by atoms with van der Waals surface area (Å²) in [6.45, 7) is 3.29. The molecule has 0 radical (unpaired) electrons. The van der Waals surface area contributed by atoms with Crippen LogP contribution in [0.4, 0.5) is 5.82 Å². The third kappa shape index (κ3) is 2.41. The van der Waals surface area contributed by atoms with Crippen molar-refractivity contribution >= 4 is 11.7 Å². The zero-order valence-corrected chi connectivity index (χ0v) is 10.8. The number of hydrogen-bond donors (Lipinski definition) is 3. The minimum Gasteiger partial charge on any atom is -0.348 e. The molecule has 0 aliphatic carbocycles. The number of amides is 1. The van der Waals surface area contributed by atoms with E-state index in [1.807, 2.05) is 0 Å². The number of hydrogen-bond acceptors (Lipinski definition) is 5. The molecule has 1 aromatic rings. The monoisotopic (exact) mass is 261 g/mol. The van der Waals surface area contributed by atoms with E-state index in [4.69, 9.17) is 5.84 Å². The van der Waals surface area contributed by atoms with Crippen LogP contribution in [0.15, 0.2) is 18.3 Å². The van der Waals surface area contributed by atoms with E-state index < -0.39 is 0 Å². The van der Waals surface area contributed by atoms with Crippen LogP contribution in [0.5, 0.6) is 0 Å². The second-order valence-electron chi connectivity index (χ2n) is 5.26. The number of piperidine rings is 3. The number of anilines is 1. The molecule has 1 amide bonds. The van der Waals surface area contributed by atoms with Crippen LogP contribution in [0, 0.1) is 5.92 Å². The van der Waals surface area contributed by atoms with Crippen molar-refractivity contribution in [1.29, 1.82) is 0 Å². The first kappa shape index (κ1) is 12.4. The molecule has 0 spiro atoms. The average Bonchev–Trinajstić information content (AvgIpc) is 2.48. The van der Waals surface area contributed by atoms with Crippen molar-refractivity contribution in [2.75, 3.05) is 25.1 Å². The Kier molecular flexibility index (Phi) is 3.35. The second-order valence-corrected chi connectivity index (χ2v) is 5.26. The Morgan fingerprint density at radius 2 is 2.21 bits per heavy atom. The Bertz CT molecular complexity index is 470. The fourth-order valence-electron chi connectivity index (χ4n) is 3.08. The molecule has 0 saturated carbocycles. The van der Waals surface area contributed by atoms with Crippen LogP contribution in [0.1, 0.15) is 23.2 Å². The van der Waals surface area contributed by atoms with Crippen LogP contribution in [0.25, 0.3) is 0 Å². The first-order valence-electron chi connectivity index (χ1n) is 6.73. The smallest absolute Gasteiger partial charge is 0.255 e. The van der Waals surface area contributed by atoms with Gasteiger partial charge in [0.05, 0.1) is 5.56 Å². The maximum absolute atomic E-state index is 12.3. The molecule has 19 heavy (non-hydrogen) atoms. The van der Waals surface area contributed by atoms with E-state index in [1.54, 1.807) is 18.3 Å². The summed E-state index contributed by atoms with van der Waals surface area (Å²) >= 11 is 0. The van der Waals surface area contributed by atoms with Crippen molar-refractivity contribution in [2.24, 2.45) is 11.8 Å².